The third kappa shape index (κ3) is 6.15. The zero-order valence-corrected chi connectivity index (χ0v) is 20.7. The molecule has 0 unspecified atom stereocenters. The highest BCUT2D eigenvalue weighted by molar-refractivity contribution is 7.99. The van der Waals surface area contributed by atoms with Crippen LogP contribution in [0.5, 0.6) is 0 Å². The number of benzene rings is 2. The highest BCUT2D eigenvalue weighted by Gasteiger charge is 2.26. The van der Waals surface area contributed by atoms with Crippen LogP contribution < -0.4 is 10.6 Å². The van der Waals surface area contributed by atoms with Crippen LogP contribution >= 0.6 is 23.4 Å². The topological polar surface area (TPSA) is 88.9 Å². The fraction of sp³-hybridized carbons (Fsp3) is 0.333. The van der Waals surface area contributed by atoms with Crippen molar-refractivity contribution in [3.63, 3.8) is 0 Å². The fourth-order valence-electron chi connectivity index (χ4n) is 3.38. The van der Waals surface area contributed by atoms with Crippen molar-refractivity contribution in [1.29, 1.82) is 0 Å². The molecule has 3 aromatic rings. The highest BCUT2D eigenvalue weighted by Crippen LogP contribution is 2.25. The summed E-state index contributed by atoms with van der Waals surface area (Å²) in [5.41, 5.74) is 2.32. The average Bonchev–Trinajstić information content (AvgIpc) is 3.16. The Hall–Kier alpha value is -2.84. The third-order valence-corrected chi connectivity index (χ3v) is 6.57. The van der Waals surface area contributed by atoms with Crippen molar-refractivity contribution in [3.8, 4) is 0 Å². The predicted octanol–water partition coefficient (Wildman–Crippen LogP) is 4.89. The maximum Gasteiger partial charge on any atom is 0.253 e. The molecule has 7 nitrogen and oxygen atoms in total. The largest absolute Gasteiger partial charge is 0.342 e. The second-order valence-corrected chi connectivity index (χ2v) is 9.27. The quantitative estimate of drug-likeness (QED) is 0.421. The lowest BCUT2D eigenvalue weighted by Crippen LogP contribution is -2.33. The van der Waals surface area contributed by atoms with Crippen LogP contribution in [0, 0.1) is 5.92 Å². The predicted molar refractivity (Wildman–Crippen MR) is 133 cm³/mol. The summed E-state index contributed by atoms with van der Waals surface area (Å²) < 4.78 is 1.81. The number of amides is 2. The third-order valence-electron chi connectivity index (χ3n) is 5.22. The summed E-state index contributed by atoms with van der Waals surface area (Å²) in [4.78, 5) is 25.3. The number of nitrogens with zero attached hydrogens (tertiary/aromatic N) is 3. The molecular weight excluding hydrogens is 458 g/mol. The Labute approximate surface area is 203 Å². The van der Waals surface area contributed by atoms with Gasteiger partial charge in [-0.3, -0.25) is 9.59 Å². The number of hydrogen-bond acceptors (Lipinski definition) is 5. The van der Waals surface area contributed by atoms with Crippen LogP contribution in [0.2, 0.25) is 5.02 Å². The first-order valence-corrected chi connectivity index (χ1v) is 12.1. The van der Waals surface area contributed by atoms with E-state index < -0.39 is 0 Å². The SMILES string of the molecule is CCc1ccccc1NC(=O)CSc1nnc([C@H](NC(=O)c2ccccc2Cl)C(C)C)n1C. The Balaban J connectivity index is 1.68. The molecule has 1 atom stereocenters. The molecule has 1 aromatic heterocycles. The molecule has 1 heterocycles. The van der Waals surface area contributed by atoms with E-state index in [4.69, 9.17) is 11.6 Å². The molecule has 0 saturated heterocycles. The summed E-state index contributed by atoms with van der Waals surface area (Å²) in [6, 6.07) is 14.3. The number of carbonyl (C=O) groups excluding carboxylic acids is 2. The summed E-state index contributed by atoms with van der Waals surface area (Å²) in [5.74, 6) is 0.488. The van der Waals surface area contributed by atoms with Gasteiger partial charge in [-0.1, -0.05) is 74.5 Å². The van der Waals surface area contributed by atoms with Gasteiger partial charge in [0, 0.05) is 12.7 Å². The molecule has 2 amide bonds. The van der Waals surface area contributed by atoms with Crippen molar-refractivity contribution in [2.45, 2.75) is 38.4 Å². The van der Waals surface area contributed by atoms with Gasteiger partial charge in [-0.05, 0) is 36.1 Å². The van der Waals surface area contributed by atoms with Crippen molar-refractivity contribution >= 4 is 40.9 Å². The molecule has 0 radical (unpaired) electrons. The number of anilines is 1. The molecule has 33 heavy (non-hydrogen) atoms. The number of aryl methyl sites for hydroxylation is 1. The van der Waals surface area contributed by atoms with Gasteiger partial charge in [0.05, 0.1) is 22.4 Å². The molecule has 0 bridgehead atoms. The zero-order chi connectivity index (χ0) is 24.0. The Morgan fingerprint density at radius 2 is 1.79 bits per heavy atom. The van der Waals surface area contributed by atoms with E-state index in [0.717, 1.165) is 17.7 Å². The van der Waals surface area contributed by atoms with Gasteiger partial charge in [0.1, 0.15) is 0 Å². The van der Waals surface area contributed by atoms with Gasteiger partial charge in [0.25, 0.3) is 5.91 Å². The van der Waals surface area contributed by atoms with Gasteiger partial charge in [-0.2, -0.15) is 0 Å². The molecule has 0 saturated carbocycles. The van der Waals surface area contributed by atoms with Crippen LogP contribution in [-0.4, -0.2) is 32.3 Å². The highest BCUT2D eigenvalue weighted by atomic mass is 35.5. The Kier molecular flexibility index (Phi) is 8.52. The zero-order valence-electron chi connectivity index (χ0n) is 19.1. The van der Waals surface area contributed by atoms with Gasteiger partial charge in [0.2, 0.25) is 5.91 Å². The summed E-state index contributed by atoms with van der Waals surface area (Å²) in [6.07, 6.45) is 0.840. The van der Waals surface area contributed by atoms with E-state index in [1.807, 2.05) is 49.7 Å². The lowest BCUT2D eigenvalue weighted by Gasteiger charge is -2.22. The number of rotatable bonds is 9. The maximum absolute atomic E-state index is 12.8. The first-order valence-electron chi connectivity index (χ1n) is 10.8. The molecule has 2 N–H and O–H groups in total. The molecule has 174 valence electrons. The lowest BCUT2D eigenvalue weighted by atomic mass is 10.0. The molecule has 3 rings (SSSR count). The number of carbonyl (C=O) groups is 2. The number of para-hydroxylation sites is 1. The number of aromatic nitrogens is 3. The first kappa shape index (κ1) is 24.8. The average molecular weight is 486 g/mol. The molecule has 9 heteroatoms. The van der Waals surface area contributed by atoms with Crippen LogP contribution in [0.4, 0.5) is 5.69 Å². The fourth-order valence-corrected chi connectivity index (χ4v) is 4.32. The van der Waals surface area contributed by atoms with E-state index in [0.29, 0.717) is 21.6 Å². The van der Waals surface area contributed by atoms with E-state index in [2.05, 4.69) is 27.8 Å². The summed E-state index contributed by atoms with van der Waals surface area (Å²) >= 11 is 7.48. The van der Waals surface area contributed by atoms with Crippen LogP contribution in [0.25, 0.3) is 0 Å². The molecule has 0 fully saturated rings. The Morgan fingerprint density at radius 1 is 1.09 bits per heavy atom. The first-order chi connectivity index (χ1) is 15.8. The smallest absolute Gasteiger partial charge is 0.253 e. The van der Waals surface area contributed by atoms with Crippen molar-refractivity contribution in [2.24, 2.45) is 13.0 Å². The monoisotopic (exact) mass is 485 g/mol. The van der Waals surface area contributed by atoms with E-state index in [1.165, 1.54) is 11.8 Å². The molecule has 0 spiro atoms. The normalized spacial score (nSPS) is 11.9. The number of hydrogen-bond donors (Lipinski definition) is 2. The van der Waals surface area contributed by atoms with E-state index >= 15 is 0 Å². The summed E-state index contributed by atoms with van der Waals surface area (Å²) in [5, 5.41) is 15.5. The van der Waals surface area contributed by atoms with Gasteiger partial charge in [-0.15, -0.1) is 10.2 Å². The van der Waals surface area contributed by atoms with Gasteiger partial charge < -0.3 is 15.2 Å². The van der Waals surface area contributed by atoms with Crippen molar-refractivity contribution in [2.75, 3.05) is 11.1 Å². The molecule has 2 aromatic carbocycles. The van der Waals surface area contributed by atoms with E-state index in [9.17, 15) is 9.59 Å². The lowest BCUT2D eigenvalue weighted by molar-refractivity contribution is -0.113. The second kappa shape index (κ2) is 11.3. The number of nitrogens with one attached hydrogen (secondary N) is 2. The van der Waals surface area contributed by atoms with Gasteiger partial charge >= 0.3 is 0 Å². The van der Waals surface area contributed by atoms with Crippen LogP contribution in [-0.2, 0) is 18.3 Å². The van der Waals surface area contributed by atoms with Crippen LogP contribution in [0.1, 0.15) is 48.6 Å². The summed E-state index contributed by atoms with van der Waals surface area (Å²) in [6.45, 7) is 6.05. The van der Waals surface area contributed by atoms with Gasteiger partial charge in [0.15, 0.2) is 11.0 Å². The minimum absolute atomic E-state index is 0.0611. The maximum atomic E-state index is 12.8. The second-order valence-electron chi connectivity index (χ2n) is 7.92. The van der Waals surface area contributed by atoms with Crippen LogP contribution in [0.3, 0.4) is 0 Å². The minimum atomic E-state index is -0.370. The molecule has 0 aliphatic rings. The van der Waals surface area contributed by atoms with Crippen LogP contribution in [0.15, 0.2) is 53.7 Å². The number of thioether (sulfide) groups is 1. The summed E-state index contributed by atoms with van der Waals surface area (Å²) in [7, 11) is 1.83. The van der Waals surface area contributed by atoms with Crippen molar-refractivity contribution in [1.82, 2.24) is 20.1 Å². The Morgan fingerprint density at radius 3 is 2.48 bits per heavy atom. The Bertz CT molecular complexity index is 1130. The molecular formula is C24H28ClN5O2S. The standard InChI is InChI=1S/C24H28ClN5O2S/c1-5-16-10-6-9-13-19(16)26-20(31)14-33-24-29-28-22(30(24)4)21(15(2)3)27-23(32)17-11-7-8-12-18(17)25/h6-13,15,21H,5,14H2,1-4H3,(H,26,31)(H,27,32)/t21-/m1/s1. The molecule has 0 aliphatic heterocycles. The van der Waals surface area contributed by atoms with Crippen molar-refractivity contribution in [3.05, 3.63) is 70.5 Å². The number of halogens is 1. The van der Waals surface area contributed by atoms with Gasteiger partial charge in [-0.25, -0.2) is 0 Å². The molecule has 0 aliphatic carbocycles. The van der Waals surface area contributed by atoms with E-state index in [1.54, 1.807) is 24.3 Å². The van der Waals surface area contributed by atoms with E-state index in [-0.39, 0.29) is 29.5 Å². The van der Waals surface area contributed by atoms with Crippen molar-refractivity contribution < 1.29 is 9.59 Å². The minimum Gasteiger partial charge on any atom is -0.342 e.